The van der Waals surface area contributed by atoms with Crippen molar-refractivity contribution in [2.75, 3.05) is 7.11 Å². The van der Waals surface area contributed by atoms with E-state index in [0.717, 1.165) is 28.2 Å². The number of methoxy groups -OCH3 is 1. The van der Waals surface area contributed by atoms with Gasteiger partial charge in [0.2, 0.25) is 10.0 Å². The highest BCUT2D eigenvalue weighted by Gasteiger charge is 2.21. The first-order valence-corrected chi connectivity index (χ1v) is 11.0. The minimum atomic E-state index is -3.72. The highest BCUT2D eigenvalue weighted by atomic mass is 32.2. The second-order valence-electron chi connectivity index (χ2n) is 6.10. The molecule has 0 spiro atoms. The molecule has 3 rings (SSSR count). The molecule has 0 radical (unpaired) electrons. The minimum absolute atomic E-state index is 0.0836. The zero-order valence-corrected chi connectivity index (χ0v) is 17.1. The molecule has 0 saturated heterocycles. The molecule has 1 N–H and O–H groups in total. The van der Waals surface area contributed by atoms with Gasteiger partial charge in [-0.3, -0.25) is 9.36 Å². The van der Waals surface area contributed by atoms with Crippen LogP contribution in [-0.4, -0.2) is 20.1 Å². The fraction of sp³-hybridized carbons (Fsp3) is 0.316. The van der Waals surface area contributed by atoms with Gasteiger partial charge in [0.05, 0.1) is 22.2 Å². The lowest BCUT2D eigenvalue weighted by Crippen LogP contribution is -2.28. The molecule has 0 saturated carbocycles. The van der Waals surface area contributed by atoms with Gasteiger partial charge in [-0.05, 0) is 49.2 Å². The Morgan fingerprint density at radius 3 is 2.44 bits per heavy atom. The van der Waals surface area contributed by atoms with Gasteiger partial charge in [0.15, 0.2) is 0 Å². The number of aromatic nitrogens is 1. The Bertz CT molecular complexity index is 1100. The second kappa shape index (κ2) is 7.84. The summed E-state index contributed by atoms with van der Waals surface area (Å²) in [5.41, 5.74) is 1.62. The summed E-state index contributed by atoms with van der Waals surface area (Å²) in [6.45, 7) is 4.37. The molecule has 2 aromatic carbocycles. The van der Waals surface area contributed by atoms with Crippen LogP contribution in [0.1, 0.15) is 31.9 Å². The van der Waals surface area contributed by atoms with E-state index in [4.69, 9.17) is 4.74 Å². The lowest BCUT2D eigenvalue weighted by Gasteiger charge is -2.18. The minimum Gasteiger partial charge on any atom is -0.497 e. The quantitative estimate of drug-likeness (QED) is 0.651. The Kier molecular flexibility index (Phi) is 5.69. The van der Waals surface area contributed by atoms with Gasteiger partial charge < -0.3 is 4.74 Å². The number of rotatable bonds is 7. The third-order valence-corrected chi connectivity index (χ3v) is 6.90. The normalized spacial score (nSPS) is 13.0. The van der Waals surface area contributed by atoms with E-state index >= 15 is 0 Å². The summed E-state index contributed by atoms with van der Waals surface area (Å²) >= 11 is 1.06. The van der Waals surface area contributed by atoms with Gasteiger partial charge in [-0.1, -0.05) is 30.4 Å². The lowest BCUT2D eigenvalue weighted by molar-refractivity contribution is 0.414. The molecule has 144 valence electrons. The number of nitrogens with zero attached hydrogens (tertiary/aromatic N) is 1. The number of aryl methyl sites for hydroxylation is 1. The van der Waals surface area contributed by atoms with Crippen LogP contribution >= 0.6 is 11.3 Å². The van der Waals surface area contributed by atoms with Crippen molar-refractivity contribution >= 4 is 31.6 Å². The van der Waals surface area contributed by atoms with Gasteiger partial charge in [-0.25, -0.2) is 13.1 Å². The first-order chi connectivity index (χ1) is 12.9. The molecule has 1 atom stereocenters. The molecule has 0 aliphatic rings. The highest BCUT2D eigenvalue weighted by molar-refractivity contribution is 7.89. The predicted octanol–water partition coefficient (Wildman–Crippen LogP) is 3.52. The van der Waals surface area contributed by atoms with Crippen molar-refractivity contribution in [1.29, 1.82) is 0 Å². The van der Waals surface area contributed by atoms with Crippen LogP contribution in [0.2, 0.25) is 0 Å². The predicted molar refractivity (Wildman–Crippen MR) is 108 cm³/mol. The maximum atomic E-state index is 12.9. The van der Waals surface area contributed by atoms with E-state index in [1.165, 1.54) is 0 Å². The summed E-state index contributed by atoms with van der Waals surface area (Å²) in [5, 5.41) is 0. The molecule has 6 nitrogen and oxygen atoms in total. The van der Waals surface area contributed by atoms with Crippen LogP contribution in [0.15, 0.2) is 52.2 Å². The van der Waals surface area contributed by atoms with Crippen molar-refractivity contribution in [3.05, 3.63) is 57.7 Å². The van der Waals surface area contributed by atoms with Gasteiger partial charge >= 0.3 is 4.87 Å². The van der Waals surface area contributed by atoms with Crippen molar-refractivity contribution in [3.8, 4) is 5.75 Å². The van der Waals surface area contributed by atoms with Crippen molar-refractivity contribution < 1.29 is 13.2 Å². The van der Waals surface area contributed by atoms with Gasteiger partial charge in [0.1, 0.15) is 5.75 Å². The number of benzene rings is 2. The number of fused-ring (bicyclic) bond motifs is 1. The molecule has 0 amide bonds. The highest BCUT2D eigenvalue weighted by Crippen LogP contribution is 2.25. The molecule has 0 bridgehead atoms. The van der Waals surface area contributed by atoms with E-state index in [1.807, 2.05) is 38.1 Å². The number of hydrogen-bond donors (Lipinski definition) is 1. The molecule has 1 aromatic heterocycles. The average Bonchev–Trinajstić information content (AvgIpc) is 3.00. The summed E-state index contributed by atoms with van der Waals surface area (Å²) < 4.78 is 36.0. The molecule has 3 aromatic rings. The van der Waals surface area contributed by atoms with E-state index in [2.05, 4.69) is 4.72 Å². The maximum Gasteiger partial charge on any atom is 0.308 e. The number of sulfonamides is 1. The van der Waals surface area contributed by atoms with Crippen LogP contribution in [0.5, 0.6) is 5.75 Å². The fourth-order valence-electron chi connectivity index (χ4n) is 2.99. The fourth-order valence-corrected chi connectivity index (χ4v) is 5.39. The van der Waals surface area contributed by atoms with Crippen molar-refractivity contribution in [3.63, 3.8) is 0 Å². The zero-order chi connectivity index (χ0) is 19.6. The summed E-state index contributed by atoms with van der Waals surface area (Å²) in [7, 11) is -2.13. The maximum absolute atomic E-state index is 12.9. The van der Waals surface area contributed by atoms with Crippen LogP contribution in [0.25, 0.3) is 10.2 Å². The second-order valence-corrected chi connectivity index (χ2v) is 8.80. The third kappa shape index (κ3) is 3.92. The number of thiazole rings is 1. The summed E-state index contributed by atoms with van der Waals surface area (Å²) in [6.07, 6.45) is 0.605. The Morgan fingerprint density at radius 2 is 1.85 bits per heavy atom. The standard InChI is InChI=1S/C19H22N2O4S2/c1-4-16(13-6-8-14(25-3)9-7-13)20-27(23,24)15-10-11-17-18(12-15)26-19(22)21(17)5-2/h6-12,16,20H,4-5H2,1-3H3/t16-/m1/s1. The SMILES string of the molecule is CC[C@@H](NS(=O)(=O)c1ccc2c(c1)sc(=O)n2CC)c1ccc(OC)cc1. The Balaban J connectivity index is 1.92. The number of hydrogen-bond acceptors (Lipinski definition) is 5. The molecular formula is C19H22N2O4S2. The molecular weight excluding hydrogens is 384 g/mol. The van der Waals surface area contributed by atoms with Gasteiger partial charge in [-0.2, -0.15) is 0 Å². The monoisotopic (exact) mass is 406 g/mol. The topological polar surface area (TPSA) is 77.4 Å². The number of ether oxygens (including phenoxy) is 1. The van der Waals surface area contributed by atoms with Crippen LogP contribution < -0.4 is 14.3 Å². The van der Waals surface area contributed by atoms with Crippen LogP contribution in [0, 0.1) is 0 Å². The Labute approximate surface area is 162 Å². The largest absolute Gasteiger partial charge is 0.497 e. The van der Waals surface area contributed by atoms with Crippen molar-refractivity contribution in [2.45, 2.75) is 37.8 Å². The first kappa shape index (κ1) is 19.6. The Morgan fingerprint density at radius 1 is 1.15 bits per heavy atom. The molecule has 1 heterocycles. The summed E-state index contributed by atoms with van der Waals surface area (Å²) in [4.78, 5) is 12.1. The number of nitrogens with one attached hydrogen (secondary N) is 1. The van der Waals surface area contributed by atoms with Gasteiger partial charge in [-0.15, -0.1) is 0 Å². The Hall–Kier alpha value is -2.16. The van der Waals surface area contributed by atoms with Gasteiger partial charge in [0.25, 0.3) is 0 Å². The first-order valence-electron chi connectivity index (χ1n) is 8.69. The molecule has 0 aliphatic carbocycles. The van der Waals surface area contributed by atoms with Gasteiger partial charge in [0, 0.05) is 12.6 Å². The van der Waals surface area contributed by atoms with E-state index in [-0.39, 0.29) is 15.8 Å². The van der Waals surface area contributed by atoms with E-state index in [9.17, 15) is 13.2 Å². The molecule has 27 heavy (non-hydrogen) atoms. The van der Waals surface area contributed by atoms with Crippen LogP contribution in [0.4, 0.5) is 0 Å². The zero-order valence-electron chi connectivity index (χ0n) is 15.4. The van der Waals surface area contributed by atoms with Crippen LogP contribution in [0.3, 0.4) is 0 Å². The average molecular weight is 407 g/mol. The smallest absolute Gasteiger partial charge is 0.308 e. The molecule has 8 heteroatoms. The third-order valence-electron chi connectivity index (χ3n) is 4.49. The van der Waals surface area contributed by atoms with E-state index in [0.29, 0.717) is 17.7 Å². The van der Waals surface area contributed by atoms with Crippen LogP contribution in [-0.2, 0) is 16.6 Å². The molecule has 0 fully saturated rings. The van der Waals surface area contributed by atoms with E-state index in [1.54, 1.807) is 29.9 Å². The summed E-state index contributed by atoms with van der Waals surface area (Å²) in [5.74, 6) is 0.720. The molecule has 0 unspecified atom stereocenters. The molecule has 0 aliphatic heterocycles. The van der Waals surface area contributed by atoms with Crippen molar-refractivity contribution in [1.82, 2.24) is 9.29 Å². The summed E-state index contributed by atoms with van der Waals surface area (Å²) in [6, 6.07) is 11.8. The lowest BCUT2D eigenvalue weighted by atomic mass is 10.1. The van der Waals surface area contributed by atoms with E-state index < -0.39 is 10.0 Å². The van der Waals surface area contributed by atoms with Crippen molar-refractivity contribution in [2.24, 2.45) is 0 Å².